The Bertz CT molecular complexity index is 1250. The second-order valence-electron chi connectivity index (χ2n) is 7.32. The van der Waals surface area contributed by atoms with Gasteiger partial charge >= 0.3 is 0 Å². The third kappa shape index (κ3) is 4.33. The van der Waals surface area contributed by atoms with E-state index in [-0.39, 0.29) is 11.3 Å². The normalized spacial score (nSPS) is 10.7. The molecule has 4 rings (SSSR count). The SMILES string of the molecule is CN(C)c1ccc(Cn2nccc2NC(=O)c2ccc(-n3ccnc3)c([N+](=O)[O-])c2)cc1. The van der Waals surface area contributed by atoms with Crippen molar-refractivity contribution in [3.63, 3.8) is 0 Å². The van der Waals surface area contributed by atoms with Gasteiger partial charge in [-0.2, -0.15) is 5.10 Å². The van der Waals surface area contributed by atoms with Gasteiger partial charge in [-0.1, -0.05) is 12.1 Å². The molecule has 1 N–H and O–H groups in total. The van der Waals surface area contributed by atoms with E-state index in [1.165, 1.54) is 29.2 Å². The average Bonchev–Trinajstić information content (AvgIpc) is 3.46. The molecule has 0 saturated carbocycles. The molecule has 4 aromatic rings. The molecule has 0 atom stereocenters. The summed E-state index contributed by atoms with van der Waals surface area (Å²) in [5, 5.41) is 18.6. The molecule has 10 nitrogen and oxygen atoms in total. The number of nitro groups is 1. The summed E-state index contributed by atoms with van der Waals surface area (Å²) in [5.74, 6) is 0.0306. The van der Waals surface area contributed by atoms with Crippen molar-refractivity contribution in [2.24, 2.45) is 0 Å². The van der Waals surface area contributed by atoms with E-state index in [0.717, 1.165) is 11.3 Å². The number of anilines is 2. The summed E-state index contributed by atoms with van der Waals surface area (Å²) in [4.78, 5) is 29.8. The Morgan fingerprint density at radius 3 is 2.56 bits per heavy atom. The molecule has 0 aliphatic carbocycles. The average molecular weight is 431 g/mol. The summed E-state index contributed by atoms with van der Waals surface area (Å²) in [6.07, 6.45) is 6.19. The molecule has 10 heteroatoms. The lowest BCUT2D eigenvalue weighted by Gasteiger charge is -2.13. The smallest absolute Gasteiger partial charge is 0.294 e. The van der Waals surface area contributed by atoms with Crippen LogP contribution < -0.4 is 10.2 Å². The molecule has 0 unspecified atom stereocenters. The number of benzene rings is 2. The van der Waals surface area contributed by atoms with Gasteiger partial charge in [-0.15, -0.1) is 0 Å². The molecule has 2 aromatic carbocycles. The van der Waals surface area contributed by atoms with Crippen molar-refractivity contribution in [2.45, 2.75) is 6.54 Å². The summed E-state index contributed by atoms with van der Waals surface area (Å²) < 4.78 is 3.19. The number of rotatable bonds is 7. The number of imidazole rings is 1. The molecular formula is C22H21N7O3. The second-order valence-corrected chi connectivity index (χ2v) is 7.32. The maximum absolute atomic E-state index is 12.8. The van der Waals surface area contributed by atoms with Crippen molar-refractivity contribution in [2.75, 3.05) is 24.3 Å². The van der Waals surface area contributed by atoms with Crippen LogP contribution in [0.3, 0.4) is 0 Å². The van der Waals surface area contributed by atoms with E-state index in [1.807, 2.05) is 43.3 Å². The third-order valence-corrected chi connectivity index (χ3v) is 4.96. The zero-order valence-corrected chi connectivity index (χ0v) is 17.5. The van der Waals surface area contributed by atoms with Gasteiger partial charge in [0.05, 0.1) is 24.0 Å². The number of hydrogen-bond acceptors (Lipinski definition) is 6. The molecule has 162 valence electrons. The van der Waals surface area contributed by atoms with Crippen molar-refractivity contribution < 1.29 is 9.72 Å². The molecule has 0 radical (unpaired) electrons. The number of nitro benzene ring substituents is 1. The van der Waals surface area contributed by atoms with Gasteiger partial charge in [0.2, 0.25) is 0 Å². The Kier molecular flexibility index (Phi) is 5.67. The number of hydrogen-bond donors (Lipinski definition) is 1. The zero-order chi connectivity index (χ0) is 22.7. The van der Waals surface area contributed by atoms with E-state index in [1.54, 1.807) is 29.2 Å². The van der Waals surface area contributed by atoms with Gasteiger partial charge in [0, 0.05) is 49.9 Å². The first-order valence-corrected chi connectivity index (χ1v) is 9.78. The Labute approximate surface area is 183 Å². The zero-order valence-electron chi connectivity index (χ0n) is 17.5. The highest BCUT2D eigenvalue weighted by Crippen LogP contribution is 2.25. The predicted octanol–water partition coefficient (Wildman–Crippen LogP) is 3.34. The number of nitrogens with zero attached hydrogens (tertiary/aromatic N) is 6. The Hall–Kier alpha value is -4.47. The van der Waals surface area contributed by atoms with Crippen LogP contribution in [-0.2, 0) is 6.54 Å². The number of carbonyl (C=O) groups excluding carboxylic acids is 1. The lowest BCUT2D eigenvalue weighted by atomic mass is 10.1. The van der Waals surface area contributed by atoms with Gasteiger partial charge in [-0.05, 0) is 29.8 Å². The van der Waals surface area contributed by atoms with Gasteiger partial charge in [-0.25, -0.2) is 9.67 Å². The first-order valence-electron chi connectivity index (χ1n) is 9.78. The van der Waals surface area contributed by atoms with Crippen LogP contribution in [0.4, 0.5) is 17.2 Å². The fourth-order valence-electron chi connectivity index (χ4n) is 3.26. The molecule has 0 aliphatic rings. The van der Waals surface area contributed by atoms with Gasteiger partial charge in [0.15, 0.2) is 0 Å². The van der Waals surface area contributed by atoms with Crippen LogP contribution in [0.25, 0.3) is 5.69 Å². The quantitative estimate of drug-likeness (QED) is 0.355. The summed E-state index contributed by atoms with van der Waals surface area (Å²) in [7, 11) is 3.95. The second kappa shape index (κ2) is 8.72. The lowest BCUT2D eigenvalue weighted by Crippen LogP contribution is -2.16. The molecule has 32 heavy (non-hydrogen) atoms. The van der Waals surface area contributed by atoms with Gasteiger partial charge in [-0.3, -0.25) is 14.9 Å². The highest BCUT2D eigenvalue weighted by Gasteiger charge is 2.19. The summed E-state index contributed by atoms with van der Waals surface area (Å²) >= 11 is 0. The molecule has 0 bridgehead atoms. The van der Waals surface area contributed by atoms with Crippen LogP contribution in [-0.4, -0.2) is 44.3 Å². The first-order chi connectivity index (χ1) is 15.4. The molecule has 1 amide bonds. The molecule has 2 aromatic heterocycles. The highest BCUT2D eigenvalue weighted by atomic mass is 16.6. The highest BCUT2D eigenvalue weighted by molar-refractivity contribution is 6.04. The largest absolute Gasteiger partial charge is 0.378 e. The Balaban J connectivity index is 1.53. The first kappa shape index (κ1) is 20.8. The Morgan fingerprint density at radius 2 is 1.91 bits per heavy atom. The molecular weight excluding hydrogens is 410 g/mol. The van der Waals surface area contributed by atoms with Crippen LogP contribution >= 0.6 is 0 Å². The molecule has 0 spiro atoms. The van der Waals surface area contributed by atoms with Crippen molar-refractivity contribution in [1.29, 1.82) is 0 Å². The minimum Gasteiger partial charge on any atom is -0.378 e. The third-order valence-electron chi connectivity index (χ3n) is 4.96. The van der Waals surface area contributed by atoms with Crippen molar-refractivity contribution >= 4 is 23.1 Å². The van der Waals surface area contributed by atoms with Crippen LogP contribution in [0.15, 0.2) is 73.4 Å². The minimum absolute atomic E-state index is 0.170. The van der Waals surface area contributed by atoms with Gasteiger partial charge in [0.1, 0.15) is 11.5 Å². The van der Waals surface area contributed by atoms with E-state index in [2.05, 4.69) is 15.4 Å². The van der Waals surface area contributed by atoms with Crippen molar-refractivity contribution in [3.8, 4) is 5.69 Å². The van der Waals surface area contributed by atoms with Crippen molar-refractivity contribution in [1.82, 2.24) is 19.3 Å². The number of aromatic nitrogens is 4. The lowest BCUT2D eigenvalue weighted by molar-refractivity contribution is -0.384. The van der Waals surface area contributed by atoms with Crippen LogP contribution in [0.1, 0.15) is 15.9 Å². The number of nitrogens with one attached hydrogen (secondary N) is 1. The van der Waals surface area contributed by atoms with E-state index in [4.69, 9.17) is 0 Å². The van der Waals surface area contributed by atoms with E-state index < -0.39 is 10.8 Å². The fraction of sp³-hybridized carbons (Fsp3) is 0.136. The van der Waals surface area contributed by atoms with Crippen LogP contribution in [0, 0.1) is 10.1 Å². The van der Waals surface area contributed by atoms with Crippen LogP contribution in [0.2, 0.25) is 0 Å². The van der Waals surface area contributed by atoms with Gasteiger partial charge < -0.3 is 14.8 Å². The topological polar surface area (TPSA) is 111 Å². The van der Waals surface area contributed by atoms with Gasteiger partial charge in [0.25, 0.3) is 11.6 Å². The van der Waals surface area contributed by atoms with E-state index in [0.29, 0.717) is 18.1 Å². The van der Waals surface area contributed by atoms with E-state index >= 15 is 0 Å². The monoisotopic (exact) mass is 431 g/mol. The van der Waals surface area contributed by atoms with Crippen molar-refractivity contribution in [3.05, 3.63) is 94.7 Å². The Morgan fingerprint density at radius 1 is 1.12 bits per heavy atom. The maximum atomic E-state index is 12.8. The summed E-state index contributed by atoms with van der Waals surface area (Å²) in [5.41, 5.74) is 2.42. The standard InChI is InChI=1S/C22H21N7O3/c1-26(2)18-6-3-16(4-7-18)14-28-21(9-10-24-28)25-22(30)17-5-8-19(20(13-17)29(31)32)27-12-11-23-15-27/h3-13,15H,14H2,1-2H3,(H,25,30). The number of carbonyl (C=O) groups is 1. The molecule has 0 saturated heterocycles. The molecule has 0 aliphatic heterocycles. The maximum Gasteiger partial charge on any atom is 0.294 e. The summed E-state index contributed by atoms with van der Waals surface area (Å²) in [6.45, 7) is 0.468. The van der Waals surface area contributed by atoms with E-state index in [9.17, 15) is 14.9 Å². The fourth-order valence-corrected chi connectivity index (χ4v) is 3.26. The molecule has 2 heterocycles. The number of amides is 1. The predicted molar refractivity (Wildman–Crippen MR) is 120 cm³/mol. The van der Waals surface area contributed by atoms with Crippen LogP contribution in [0.5, 0.6) is 0 Å². The molecule has 0 fully saturated rings. The minimum atomic E-state index is -0.520. The summed E-state index contributed by atoms with van der Waals surface area (Å²) in [6, 6.07) is 14.0.